The Morgan fingerprint density at radius 1 is 1.38 bits per heavy atom. The first-order valence-electron chi connectivity index (χ1n) is 7.02. The number of carbonyl (C=O) groups excluding carboxylic acids is 1. The molecule has 0 radical (unpaired) electrons. The standard InChI is InChI=1S/C14H13F3N6O/c1-22-12-10(11(21-22)14(15,16)17)7-9(8-19-12)13(24)18-4-6-23-5-2-3-20-23/h2-3,5,7-8H,4,6H2,1H3,(H,18,24). The van der Waals surface area contributed by atoms with Gasteiger partial charge in [-0.15, -0.1) is 0 Å². The molecule has 0 aromatic carbocycles. The van der Waals surface area contributed by atoms with E-state index in [0.717, 1.165) is 10.7 Å². The lowest BCUT2D eigenvalue weighted by molar-refractivity contribution is -0.140. The zero-order chi connectivity index (χ0) is 17.3. The summed E-state index contributed by atoms with van der Waals surface area (Å²) >= 11 is 0. The molecule has 0 saturated heterocycles. The van der Waals surface area contributed by atoms with E-state index in [1.807, 2.05) is 0 Å². The highest BCUT2D eigenvalue weighted by Crippen LogP contribution is 2.33. The molecule has 0 saturated carbocycles. The quantitative estimate of drug-likeness (QED) is 0.784. The Bertz CT molecular complexity index is 869. The lowest BCUT2D eigenvalue weighted by Gasteiger charge is -2.06. The van der Waals surface area contributed by atoms with Gasteiger partial charge < -0.3 is 5.32 Å². The zero-order valence-corrected chi connectivity index (χ0v) is 12.6. The predicted molar refractivity (Wildman–Crippen MR) is 78.1 cm³/mol. The number of hydrogen-bond donors (Lipinski definition) is 1. The summed E-state index contributed by atoms with van der Waals surface area (Å²) in [5, 5.41) is 9.84. The topological polar surface area (TPSA) is 77.6 Å². The average molecular weight is 338 g/mol. The van der Waals surface area contributed by atoms with Crippen molar-refractivity contribution >= 4 is 16.9 Å². The summed E-state index contributed by atoms with van der Waals surface area (Å²) in [6.07, 6.45) is -0.0322. The molecule has 0 spiro atoms. The van der Waals surface area contributed by atoms with Crippen molar-refractivity contribution in [3.8, 4) is 0 Å². The van der Waals surface area contributed by atoms with Gasteiger partial charge in [0.1, 0.15) is 0 Å². The first-order chi connectivity index (χ1) is 11.4. The van der Waals surface area contributed by atoms with Crippen LogP contribution in [-0.4, -0.2) is 37.0 Å². The molecular formula is C14H13F3N6O. The van der Waals surface area contributed by atoms with Gasteiger partial charge in [0, 0.05) is 32.2 Å². The Kier molecular flexibility index (Phi) is 3.96. The molecule has 24 heavy (non-hydrogen) atoms. The van der Waals surface area contributed by atoms with Crippen molar-refractivity contribution in [1.82, 2.24) is 29.9 Å². The summed E-state index contributed by atoms with van der Waals surface area (Å²) in [7, 11) is 1.37. The first kappa shape index (κ1) is 16.0. The highest BCUT2D eigenvalue weighted by atomic mass is 19.4. The molecule has 0 aliphatic heterocycles. The van der Waals surface area contributed by atoms with Gasteiger partial charge in [-0.25, -0.2) is 9.67 Å². The summed E-state index contributed by atoms with van der Waals surface area (Å²) in [4.78, 5) is 16.0. The molecule has 0 bridgehead atoms. The van der Waals surface area contributed by atoms with Gasteiger partial charge in [0.05, 0.1) is 17.5 Å². The number of fused-ring (bicyclic) bond motifs is 1. The van der Waals surface area contributed by atoms with E-state index in [1.54, 1.807) is 23.1 Å². The van der Waals surface area contributed by atoms with Crippen molar-refractivity contribution in [1.29, 1.82) is 0 Å². The predicted octanol–water partition coefficient (Wildman–Crippen LogP) is 1.61. The number of nitrogens with one attached hydrogen (secondary N) is 1. The van der Waals surface area contributed by atoms with Crippen LogP contribution in [0.5, 0.6) is 0 Å². The van der Waals surface area contributed by atoms with Crippen LogP contribution in [0.4, 0.5) is 13.2 Å². The summed E-state index contributed by atoms with van der Waals surface area (Å²) in [5.41, 5.74) is -0.949. The van der Waals surface area contributed by atoms with Gasteiger partial charge in [-0.05, 0) is 12.1 Å². The van der Waals surface area contributed by atoms with Crippen LogP contribution >= 0.6 is 0 Å². The molecule has 10 heteroatoms. The molecule has 3 rings (SSSR count). The van der Waals surface area contributed by atoms with Crippen LogP contribution in [0.15, 0.2) is 30.7 Å². The van der Waals surface area contributed by atoms with Crippen molar-refractivity contribution in [3.63, 3.8) is 0 Å². The second-order valence-corrected chi connectivity index (χ2v) is 5.09. The van der Waals surface area contributed by atoms with Crippen molar-refractivity contribution in [2.24, 2.45) is 7.05 Å². The molecule has 0 atom stereocenters. The molecule has 0 aliphatic carbocycles. The number of carbonyl (C=O) groups is 1. The minimum absolute atomic E-state index is 0.0430. The maximum atomic E-state index is 13.0. The van der Waals surface area contributed by atoms with Crippen LogP contribution in [-0.2, 0) is 19.8 Å². The number of rotatable bonds is 4. The minimum Gasteiger partial charge on any atom is -0.350 e. The number of amides is 1. The molecule has 0 unspecified atom stereocenters. The molecule has 1 N–H and O–H groups in total. The Balaban J connectivity index is 1.80. The second-order valence-electron chi connectivity index (χ2n) is 5.09. The summed E-state index contributed by atoms with van der Waals surface area (Å²) in [6, 6.07) is 2.90. The number of aryl methyl sites for hydroxylation is 1. The lowest BCUT2D eigenvalue weighted by atomic mass is 10.2. The van der Waals surface area contributed by atoms with Gasteiger partial charge in [0.15, 0.2) is 11.3 Å². The molecule has 7 nitrogen and oxygen atoms in total. The maximum Gasteiger partial charge on any atom is 0.435 e. The molecule has 3 aromatic rings. The minimum atomic E-state index is -4.61. The van der Waals surface area contributed by atoms with Crippen molar-refractivity contribution in [2.45, 2.75) is 12.7 Å². The largest absolute Gasteiger partial charge is 0.435 e. The first-order valence-corrected chi connectivity index (χ1v) is 7.02. The monoisotopic (exact) mass is 338 g/mol. The number of halogens is 3. The smallest absolute Gasteiger partial charge is 0.350 e. The molecular weight excluding hydrogens is 325 g/mol. The average Bonchev–Trinajstić information content (AvgIpc) is 3.14. The van der Waals surface area contributed by atoms with Gasteiger partial charge in [0.2, 0.25) is 0 Å². The highest BCUT2D eigenvalue weighted by Gasteiger charge is 2.37. The normalized spacial score (nSPS) is 11.8. The van der Waals surface area contributed by atoms with E-state index < -0.39 is 17.8 Å². The van der Waals surface area contributed by atoms with Crippen molar-refractivity contribution in [3.05, 3.63) is 42.0 Å². The number of aromatic nitrogens is 5. The second kappa shape index (κ2) is 5.95. The zero-order valence-electron chi connectivity index (χ0n) is 12.6. The third-order valence-corrected chi connectivity index (χ3v) is 3.39. The van der Waals surface area contributed by atoms with Crippen LogP contribution < -0.4 is 5.32 Å². The van der Waals surface area contributed by atoms with Crippen LogP contribution in [0.3, 0.4) is 0 Å². The highest BCUT2D eigenvalue weighted by molar-refractivity contribution is 5.97. The lowest BCUT2D eigenvalue weighted by Crippen LogP contribution is -2.27. The van der Waals surface area contributed by atoms with E-state index in [4.69, 9.17) is 0 Å². The fourth-order valence-corrected chi connectivity index (χ4v) is 2.29. The molecule has 3 heterocycles. The van der Waals surface area contributed by atoms with Crippen LogP contribution in [0.1, 0.15) is 16.1 Å². The SMILES string of the molecule is Cn1nc(C(F)(F)F)c2cc(C(=O)NCCn3cccn3)cnc21. The third kappa shape index (κ3) is 3.07. The van der Waals surface area contributed by atoms with E-state index in [-0.39, 0.29) is 23.1 Å². The van der Waals surface area contributed by atoms with E-state index in [0.29, 0.717) is 6.54 Å². The number of hydrogen-bond acceptors (Lipinski definition) is 4. The van der Waals surface area contributed by atoms with E-state index in [2.05, 4.69) is 20.5 Å². The van der Waals surface area contributed by atoms with Crippen LogP contribution in [0.2, 0.25) is 0 Å². The summed E-state index contributed by atoms with van der Waals surface area (Å²) in [5.74, 6) is -0.506. The van der Waals surface area contributed by atoms with Crippen molar-refractivity contribution in [2.75, 3.05) is 6.54 Å². The van der Waals surface area contributed by atoms with Gasteiger partial charge in [0.25, 0.3) is 5.91 Å². The van der Waals surface area contributed by atoms with Crippen molar-refractivity contribution < 1.29 is 18.0 Å². The number of nitrogens with zero attached hydrogens (tertiary/aromatic N) is 5. The summed E-state index contributed by atoms with van der Waals surface area (Å²) < 4.78 is 41.7. The molecule has 0 aliphatic rings. The van der Waals surface area contributed by atoms with Gasteiger partial charge >= 0.3 is 6.18 Å². The van der Waals surface area contributed by atoms with E-state index in [1.165, 1.54) is 13.2 Å². The number of pyridine rings is 1. The molecule has 3 aromatic heterocycles. The fraction of sp³-hybridized carbons (Fsp3) is 0.286. The van der Waals surface area contributed by atoms with Crippen LogP contribution in [0, 0.1) is 0 Å². The number of alkyl halides is 3. The van der Waals surface area contributed by atoms with Crippen LogP contribution in [0.25, 0.3) is 11.0 Å². The Labute approximate surface area is 134 Å². The molecule has 126 valence electrons. The third-order valence-electron chi connectivity index (χ3n) is 3.39. The Morgan fingerprint density at radius 3 is 2.83 bits per heavy atom. The fourth-order valence-electron chi connectivity index (χ4n) is 2.29. The Morgan fingerprint density at radius 2 is 2.17 bits per heavy atom. The maximum absolute atomic E-state index is 13.0. The van der Waals surface area contributed by atoms with Gasteiger partial charge in [-0.3, -0.25) is 9.48 Å². The van der Waals surface area contributed by atoms with E-state index in [9.17, 15) is 18.0 Å². The Hall–Kier alpha value is -2.91. The van der Waals surface area contributed by atoms with Gasteiger partial charge in [-0.2, -0.15) is 23.4 Å². The summed E-state index contributed by atoms with van der Waals surface area (Å²) in [6.45, 7) is 0.743. The molecule has 1 amide bonds. The van der Waals surface area contributed by atoms with E-state index >= 15 is 0 Å². The molecule has 0 fully saturated rings. The van der Waals surface area contributed by atoms with Gasteiger partial charge in [-0.1, -0.05) is 0 Å².